The van der Waals surface area contributed by atoms with Crippen LogP contribution in [0, 0.1) is 11.8 Å². The Bertz CT molecular complexity index is 529. The predicted octanol–water partition coefficient (Wildman–Crippen LogP) is 2.24. The molecule has 0 heterocycles. The standard InChI is InChI=1S/C16H21NO4/c1-17(10-11-6-2-5-9-14(11)18)15(19)12-7-3-4-8-13(12)16(20)21/h2,5-6,9,12-13,18H,3-4,7-8,10H2,1H3,(H,20,21). The van der Waals surface area contributed by atoms with Crippen LogP contribution in [0.2, 0.25) is 0 Å². The van der Waals surface area contributed by atoms with Crippen molar-refractivity contribution in [3.63, 3.8) is 0 Å². The number of aliphatic carboxylic acids is 1. The normalized spacial score (nSPS) is 21.8. The van der Waals surface area contributed by atoms with Gasteiger partial charge in [-0.15, -0.1) is 0 Å². The average molecular weight is 291 g/mol. The Labute approximate surface area is 124 Å². The van der Waals surface area contributed by atoms with Gasteiger partial charge in [0, 0.05) is 19.2 Å². The van der Waals surface area contributed by atoms with Gasteiger partial charge in [-0.25, -0.2) is 0 Å². The number of amides is 1. The zero-order valence-corrected chi connectivity index (χ0v) is 12.2. The minimum atomic E-state index is -0.885. The molecule has 1 aromatic carbocycles. The Kier molecular flexibility index (Phi) is 4.83. The molecule has 0 radical (unpaired) electrons. The van der Waals surface area contributed by atoms with Gasteiger partial charge in [0.05, 0.1) is 11.8 Å². The largest absolute Gasteiger partial charge is 0.508 e. The van der Waals surface area contributed by atoms with Gasteiger partial charge in [0.15, 0.2) is 0 Å². The van der Waals surface area contributed by atoms with E-state index in [1.165, 1.54) is 4.90 Å². The van der Waals surface area contributed by atoms with Crippen molar-refractivity contribution in [2.75, 3.05) is 7.05 Å². The van der Waals surface area contributed by atoms with E-state index in [-0.39, 0.29) is 18.2 Å². The number of nitrogens with zero attached hydrogens (tertiary/aromatic N) is 1. The fourth-order valence-electron chi connectivity index (χ4n) is 2.98. The van der Waals surface area contributed by atoms with Crippen LogP contribution in [0.3, 0.4) is 0 Å². The highest BCUT2D eigenvalue weighted by Crippen LogP contribution is 2.32. The first-order chi connectivity index (χ1) is 10.0. The molecule has 1 aromatic rings. The number of carboxylic acids is 1. The van der Waals surface area contributed by atoms with Gasteiger partial charge in [-0.1, -0.05) is 31.0 Å². The number of aromatic hydroxyl groups is 1. The maximum absolute atomic E-state index is 12.5. The van der Waals surface area contributed by atoms with Crippen molar-refractivity contribution in [1.82, 2.24) is 4.90 Å². The predicted molar refractivity (Wildman–Crippen MR) is 77.7 cm³/mol. The summed E-state index contributed by atoms with van der Waals surface area (Å²) >= 11 is 0. The van der Waals surface area contributed by atoms with Crippen LogP contribution in [0.4, 0.5) is 0 Å². The van der Waals surface area contributed by atoms with E-state index in [1.807, 2.05) is 0 Å². The van der Waals surface area contributed by atoms with E-state index in [2.05, 4.69) is 0 Å². The number of phenols is 1. The van der Waals surface area contributed by atoms with Gasteiger partial charge in [-0.3, -0.25) is 9.59 Å². The number of carbonyl (C=O) groups excluding carboxylic acids is 1. The van der Waals surface area contributed by atoms with Gasteiger partial charge < -0.3 is 15.1 Å². The van der Waals surface area contributed by atoms with E-state index in [0.717, 1.165) is 12.8 Å². The SMILES string of the molecule is CN(Cc1ccccc1O)C(=O)C1CCCCC1C(=O)O. The van der Waals surface area contributed by atoms with Crippen molar-refractivity contribution in [1.29, 1.82) is 0 Å². The highest BCUT2D eigenvalue weighted by molar-refractivity contribution is 5.84. The van der Waals surface area contributed by atoms with Crippen molar-refractivity contribution in [3.8, 4) is 5.75 Å². The summed E-state index contributed by atoms with van der Waals surface area (Å²) < 4.78 is 0. The lowest BCUT2D eigenvalue weighted by molar-refractivity contribution is -0.152. The van der Waals surface area contributed by atoms with Crippen LogP contribution in [-0.4, -0.2) is 34.0 Å². The second-order valence-corrected chi connectivity index (χ2v) is 5.66. The second kappa shape index (κ2) is 6.61. The Morgan fingerprint density at radius 2 is 1.81 bits per heavy atom. The minimum Gasteiger partial charge on any atom is -0.508 e. The molecule has 1 saturated carbocycles. The lowest BCUT2D eigenvalue weighted by atomic mass is 9.78. The molecule has 0 aromatic heterocycles. The molecule has 5 nitrogen and oxygen atoms in total. The summed E-state index contributed by atoms with van der Waals surface area (Å²) in [7, 11) is 1.66. The molecule has 1 fully saturated rings. The molecule has 1 amide bonds. The minimum absolute atomic E-state index is 0.148. The summed E-state index contributed by atoms with van der Waals surface area (Å²) in [5, 5.41) is 19.0. The van der Waals surface area contributed by atoms with Crippen molar-refractivity contribution >= 4 is 11.9 Å². The first-order valence-electron chi connectivity index (χ1n) is 7.25. The number of hydrogen-bond acceptors (Lipinski definition) is 3. The van der Waals surface area contributed by atoms with Crippen LogP contribution < -0.4 is 0 Å². The highest BCUT2D eigenvalue weighted by atomic mass is 16.4. The molecule has 1 aliphatic carbocycles. The van der Waals surface area contributed by atoms with E-state index >= 15 is 0 Å². The van der Waals surface area contributed by atoms with Crippen LogP contribution in [0.1, 0.15) is 31.2 Å². The number of hydrogen-bond donors (Lipinski definition) is 2. The molecule has 0 bridgehead atoms. The first kappa shape index (κ1) is 15.4. The molecular formula is C16H21NO4. The number of rotatable bonds is 4. The Morgan fingerprint density at radius 3 is 2.43 bits per heavy atom. The Balaban J connectivity index is 2.07. The van der Waals surface area contributed by atoms with Crippen LogP contribution in [0.25, 0.3) is 0 Å². The lowest BCUT2D eigenvalue weighted by Gasteiger charge is -2.31. The third-order valence-corrected chi connectivity index (χ3v) is 4.18. The van der Waals surface area contributed by atoms with Crippen molar-refractivity contribution in [3.05, 3.63) is 29.8 Å². The smallest absolute Gasteiger partial charge is 0.307 e. The van der Waals surface area contributed by atoms with E-state index < -0.39 is 17.8 Å². The van der Waals surface area contributed by atoms with Gasteiger partial charge in [0.1, 0.15) is 5.75 Å². The van der Waals surface area contributed by atoms with E-state index in [0.29, 0.717) is 18.4 Å². The zero-order valence-electron chi connectivity index (χ0n) is 12.2. The van der Waals surface area contributed by atoms with Crippen LogP contribution >= 0.6 is 0 Å². The molecule has 0 saturated heterocycles. The van der Waals surface area contributed by atoms with Gasteiger partial charge in [0.25, 0.3) is 0 Å². The second-order valence-electron chi connectivity index (χ2n) is 5.66. The van der Waals surface area contributed by atoms with Crippen molar-refractivity contribution < 1.29 is 19.8 Å². The third kappa shape index (κ3) is 3.54. The monoisotopic (exact) mass is 291 g/mol. The fraction of sp³-hybridized carbons (Fsp3) is 0.500. The number of para-hydroxylation sites is 1. The van der Waals surface area contributed by atoms with Gasteiger partial charge in [-0.2, -0.15) is 0 Å². The maximum Gasteiger partial charge on any atom is 0.307 e. The van der Waals surface area contributed by atoms with Gasteiger partial charge in [-0.05, 0) is 18.9 Å². The van der Waals surface area contributed by atoms with Crippen LogP contribution in [0.5, 0.6) is 5.75 Å². The van der Waals surface area contributed by atoms with E-state index in [9.17, 15) is 19.8 Å². The van der Waals surface area contributed by atoms with Crippen LogP contribution in [-0.2, 0) is 16.1 Å². The van der Waals surface area contributed by atoms with Gasteiger partial charge in [0.2, 0.25) is 5.91 Å². The zero-order chi connectivity index (χ0) is 15.4. The van der Waals surface area contributed by atoms with Crippen LogP contribution in [0.15, 0.2) is 24.3 Å². The summed E-state index contributed by atoms with van der Waals surface area (Å²) in [5.74, 6) is -1.92. The quantitative estimate of drug-likeness (QED) is 0.892. The molecule has 21 heavy (non-hydrogen) atoms. The van der Waals surface area contributed by atoms with E-state index in [4.69, 9.17) is 0 Å². The molecule has 2 N–H and O–H groups in total. The fourth-order valence-corrected chi connectivity index (χ4v) is 2.98. The summed E-state index contributed by atoms with van der Waals surface area (Å²) in [6, 6.07) is 6.86. The third-order valence-electron chi connectivity index (χ3n) is 4.18. The molecule has 0 aliphatic heterocycles. The summed E-state index contributed by atoms with van der Waals surface area (Å²) in [6.07, 6.45) is 2.95. The lowest BCUT2D eigenvalue weighted by Crippen LogP contribution is -2.40. The van der Waals surface area contributed by atoms with Crippen molar-refractivity contribution in [2.45, 2.75) is 32.2 Å². The molecule has 2 unspecified atom stereocenters. The summed E-state index contributed by atoms with van der Waals surface area (Å²) in [6.45, 7) is 0.286. The Morgan fingerprint density at radius 1 is 1.19 bits per heavy atom. The number of carboxylic acid groups (broad SMARTS) is 1. The first-order valence-corrected chi connectivity index (χ1v) is 7.25. The summed E-state index contributed by atoms with van der Waals surface area (Å²) in [4.78, 5) is 25.3. The molecule has 2 atom stereocenters. The molecule has 2 rings (SSSR count). The topological polar surface area (TPSA) is 77.8 Å². The summed E-state index contributed by atoms with van der Waals surface area (Å²) in [5.41, 5.74) is 0.663. The molecule has 1 aliphatic rings. The molecule has 5 heteroatoms. The average Bonchev–Trinajstić information content (AvgIpc) is 2.48. The van der Waals surface area contributed by atoms with Crippen molar-refractivity contribution in [2.24, 2.45) is 11.8 Å². The molecule has 0 spiro atoms. The number of phenolic OH excluding ortho intramolecular Hbond substituents is 1. The van der Waals surface area contributed by atoms with Gasteiger partial charge >= 0.3 is 5.97 Å². The molecular weight excluding hydrogens is 270 g/mol. The van der Waals surface area contributed by atoms with E-state index in [1.54, 1.807) is 31.3 Å². The highest BCUT2D eigenvalue weighted by Gasteiger charge is 2.37. The molecule has 114 valence electrons. The maximum atomic E-state index is 12.5. The Hall–Kier alpha value is -2.04. The number of carbonyl (C=O) groups is 2. The number of benzene rings is 1.